The molecule has 1 aromatic heterocycles. The first-order valence-electron chi connectivity index (χ1n) is 9.10. The number of alkyl halides is 3. The lowest BCUT2D eigenvalue weighted by Crippen LogP contribution is -2.08. The van der Waals surface area contributed by atoms with Crippen LogP contribution in [0.15, 0.2) is 34.8 Å². The van der Waals surface area contributed by atoms with Crippen LogP contribution in [-0.2, 0) is 22.1 Å². The molecule has 0 radical (unpaired) electrons. The molecule has 0 N–H and O–H groups in total. The number of methoxy groups -OCH3 is 1. The molecule has 7 heteroatoms. The number of rotatable bonds is 7. The fourth-order valence-electron chi connectivity index (χ4n) is 2.43. The molecule has 1 aliphatic rings. The number of hydrogen-bond donors (Lipinski definition) is 0. The molecule has 1 heterocycles. The topological polar surface area (TPSA) is 44.5 Å². The molecule has 0 unspecified atom stereocenters. The van der Waals surface area contributed by atoms with Gasteiger partial charge in [-0.25, -0.2) is 0 Å². The zero-order valence-electron chi connectivity index (χ0n) is 16.4. The van der Waals surface area contributed by atoms with E-state index in [1.54, 1.807) is 19.3 Å². The average Bonchev–Trinajstić information content (AvgIpc) is 2.99. The summed E-state index contributed by atoms with van der Waals surface area (Å²) in [7, 11) is 1.63. The SMILES string of the molecule is C=C(CC)OC.CCCOC1=C(CCC)c2onc(C(F)(F)F)c2CC=C1. The smallest absolute Gasteiger partial charge is 0.437 e. The minimum absolute atomic E-state index is 0.0947. The van der Waals surface area contributed by atoms with E-state index in [9.17, 15) is 13.2 Å². The first kappa shape index (κ1) is 22.9. The highest BCUT2D eigenvalue weighted by Crippen LogP contribution is 2.38. The van der Waals surface area contributed by atoms with Crippen LogP contribution in [-0.4, -0.2) is 18.9 Å². The lowest BCUT2D eigenvalue weighted by atomic mass is 10.0. The maximum atomic E-state index is 13.0. The van der Waals surface area contributed by atoms with Gasteiger partial charge in [0.25, 0.3) is 0 Å². The van der Waals surface area contributed by atoms with Crippen LogP contribution in [0.3, 0.4) is 0 Å². The van der Waals surface area contributed by atoms with Crippen LogP contribution in [0.5, 0.6) is 0 Å². The highest BCUT2D eigenvalue weighted by atomic mass is 19.4. The van der Waals surface area contributed by atoms with E-state index < -0.39 is 11.9 Å². The van der Waals surface area contributed by atoms with Crippen molar-refractivity contribution in [2.75, 3.05) is 13.7 Å². The Morgan fingerprint density at radius 1 is 1.26 bits per heavy atom. The molecule has 0 amide bonds. The lowest BCUT2D eigenvalue weighted by molar-refractivity contribution is -0.143. The maximum absolute atomic E-state index is 13.0. The minimum Gasteiger partial charge on any atom is -0.502 e. The summed E-state index contributed by atoms with van der Waals surface area (Å²) in [4.78, 5) is 0. The summed E-state index contributed by atoms with van der Waals surface area (Å²) in [5.41, 5.74) is -0.178. The number of ether oxygens (including phenoxy) is 2. The van der Waals surface area contributed by atoms with E-state index in [1.807, 2.05) is 20.8 Å². The first-order valence-corrected chi connectivity index (χ1v) is 9.10. The summed E-state index contributed by atoms with van der Waals surface area (Å²) in [5, 5.41) is 3.23. The summed E-state index contributed by atoms with van der Waals surface area (Å²) in [6.07, 6.45) is 2.14. The van der Waals surface area contributed by atoms with E-state index in [1.165, 1.54) is 0 Å². The van der Waals surface area contributed by atoms with Gasteiger partial charge in [0.15, 0.2) is 11.5 Å². The zero-order valence-corrected chi connectivity index (χ0v) is 16.4. The minimum atomic E-state index is -4.50. The summed E-state index contributed by atoms with van der Waals surface area (Å²) in [6, 6.07) is 0. The third-order valence-corrected chi connectivity index (χ3v) is 3.86. The highest BCUT2D eigenvalue weighted by Gasteiger charge is 2.40. The van der Waals surface area contributed by atoms with Gasteiger partial charge in [-0.1, -0.05) is 45.0 Å². The molecular weight excluding hydrogens is 359 g/mol. The van der Waals surface area contributed by atoms with Gasteiger partial charge >= 0.3 is 6.18 Å². The second-order valence-electron chi connectivity index (χ2n) is 5.98. The van der Waals surface area contributed by atoms with Crippen molar-refractivity contribution in [1.82, 2.24) is 5.16 Å². The Hall–Kier alpha value is -2.18. The van der Waals surface area contributed by atoms with Crippen molar-refractivity contribution < 1.29 is 27.2 Å². The lowest BCUT2D eigenvalue weighted by Gasteiger charge is -2.11. The molecule has 4 nitrogen and oxygen atoms in total. The molecule has 0 fully saturated rings. The van der Waals surface area contributed by atoms with Crippen LogP contribution in [0.2, 0.25) is 0 Å². The Labute approximate surface area is 158 Å². The van der Waals surface area contributed by atoms with Gasteiger partial charge < -0.3 is 14.0 Å². The summed E-state index contributed by atoms with van der Waals surface area (Å²) >= 11 is 0. The quantitative estimate of drug-likeness (QED) is 0.515. The number of fused-ring (bicyclic) bond motifs is 1. The normalized spacial score (nSPS) is 13.4. The van der Waals surface area contributed by atoms with Gasteiger partial charge in [-0.3, -0.25) is 0 Å². The second-order valence-corrected chi connectivity index (χ2v) is 5.98. The molecule has 27 heavy (non-hydrogen) atoms. The van der Waals surface area contributed by atoms with Crippen LogP contribution in [0.4, 0.5) is 13.2 Å². The van der Waals surface area contributed by atoms with Gasteiger partial charge in [0, 0.05) is 17.6 Å². The molecule has 0 saturated carbocycles. The van der Waals surface area contributed by atoms with Crippen molar-refractivity contribution in [2.45, 2.75) is 59.1 Å². The van der Waals surface area contributed by atoms with Gasteiger partial charge in [-0.15, -0.1) is 0 Å². The molecule has 1 aliphatic carbocycles. The summed E-state index contributed by atoms with van der Waals surface area (Å²) in [6.45, 7) is 10.0. The van der Waals surface area contributed by atoms with E-state index in [2.05, 4.69) is 11.7 Å². The third-order valence-electron chi connectivity index (χ3n) is 3.86. The monoisotopic (exact) mass is 387 g/mol. The Morgan fingerprint density at radius 2 is 1.96 bits per heavy atom. The molecule has 0 atom stereocenters. The van der Waals surface area contributed by atoms with Gasteiger partial charge in [0.2, 0.25) is 0 Å². The van der Waals surface area contributed by atoms with Crippen molar-refractivity contribution in [2.24, 2.45) is 0 Å². The average molecular weight is 387 g/mol. The molecular formula is C20H28F3NO3. The van der Waals surface area contributed by atoms with E-state index >= 15 is 0 Å². The zero-order chi connectivity index (χ0) is 20.4. The number of nitrogens with zero attached hydrogens (tertiary/aromatic N) is 1. The van der Waals surface area contributed by atoms with Crippen molar-refractivity contribution >= 4 is 5.57 Å². The molecule has 0 bridgehead atoms. The number of hydrogen-bond acceptors (Lipinski definition) is 4. The van der Waals surface area contributed by atoms with Crippen molar-refractivity contribution in [3.05, 3.63) is 47.3 Å². The Bertz CT molecular complexity index is 667. The standard InChI is InChI=1S/C15H18F3NO2.C5H10O/c1-3-6-10-12(20-9-4-2)8-5-7-11-13(10)21-19-14(11)15(16,17)18;1-4-5(2)6-3/h5,8H,3-4,6-7,9H2,1-2H3;2,4H2,1,3H3. The van der Waals surface area contributed by atoms with E-state index in [0.29, 0.717) is 24.4 Å². The van der Waals surface area contributed by atoms with Crippen molar-refractivity contribution in [1.29, 1.82) is 0 Å². The molecule has 1 aromatic rings. The van der Waals surface area contributed by atoms with Crippen LogP contribution in [0.1, 0.15) is 63.5 Å². The van der Waals surface area contributed by atoms with Gasteiger partial charge in [-0.2, -0.15) is 13.2 Å². The van der Waals surface area contributed by atoms with Gasteiger partial charge in [0.1, 0.15) is 5.76 Å². The highest BCUT2D eigenvalue weighted by molar-refractivity contribution is 5.70. The van der Waals surface area contributed by atoms with Gasteiger partial charge in [0.05, 0.1) is 19.5 Å². The molecule has 0 saturated heterocycles. The van der Waals surface area contributed by atoms with E-state index in [-0.39, 0.29) is 17.7 Å². The Kier molecular flexibility index (Phi) is 9.18. The molecule has 152 valence electrons. The third kappa shape index (κ3) is 6.48. The van der Waals surface area contributed by atoms with Crippen molar-refractivity contribution in [3.63, 3.8) is 0 Å². The van der Waals surface area contributed by atoms with Crippen LogP contribution in [0.25, 0.3) is 5.57 Å². The van der Waals surface area contributed by atoms with Crippen LogP contribution >= 0.6 is 0 Å². The first-order chi connectivity index (χ1) is 12.8. The summed E-state index contributed by atoms with van der Waals surface area (Å²) in [5.74, 6) is 1.64. The number of halogens is 3. The molecule has 0 aliphatic heterocycles. The fourth-order valence-corrected chi connectivity index (χ4v) is 2.43. The predicted molar refractivity (Wildman–Crippen MR) is 98.9 cm³/mol. The molecule has 2 rings (SSSR count). The summed E-state index contributed by atoms with van der Waals surface area (Å²) < 4.78 is 54.3. The largest absolute Gasteiger partial charge is 0.502 e. The van der Waals surface area contributed by atoms with Crippen LogP contribution in [0, 0.1) is 0 Å². The molecule has 0 aromatic carbocycles. The van der Waals surface area contributed by atoms with E-state index in [0.717, 1.165) is 25.0 Å². The van der Waals surface area contributed by atoms with Gasteiger partial charge in [-0.05, 0) is 25.3 Å². The van der Waals surface area contributed by atoms with Crippen LogP contribution < -0.4 is 0 Å². The molecule has 0 spiro atoms. The van der Waals surface area contributed by atoms with Crippen molar-refractivity contribution in [3.8, 4) is 0 Å². The predicted octanol–water partition coefficient (Wildman–Crippen LogP) is 6.30. The maximum Gasteiger partial charge on any atom is 0.437 e. The Morgan fingerprint density at radius 3 is 2.44 bits per heavy atom. The van der Waals surface area contributed by atoms with E-state index in [4.69, 9.17) is 14.0 Å². The Balaban J connectivity index is 0.000000527. The fraction of sp³-hybridized carbons (Fsp3) is 0.550. The second kappa shape index (κ2) is 10.8. The number of aromatic nitrogens is 1. The number of allylic oxidation sites excluding steroid dienone is 4.